The topological polar surface area (TPSA) is 53.9 Å². The second-order valence-corrected chi connectivity index (χ2v) is 7.77. The van der Waals surface area contributed by atoms with Crippen molar-refractivity contribution >= 4 is 11.6 Å². The fourth-order valence-corrected chi connectivity index (χ4v) is 4.24. The van der Waals surface area contributed by atoms with Crippen LogP contribution in [0, 0.1) is 5.92 Å². The second kappa shape index (κ2) is 7.31. The molecule has 0 bridgehead atoms. The molecule has 3 rings (SSSR count). The van der Waals surface area contributed by atoms with Gasteiger partial charge in [-0.1, -0.05) is 19.3 Å². The van der Waals surface area contributed by atoms with Crippen molar-refractivity contribution < 1.29 is 9.53 Å². The maximum Gasteiger partial charge on any atom is 0.240 e. The molecule has 1 N–H and O–H groups in total. The third kappa shape index (κ3) is 4.32. The number of amides is 1. The molecule has 130 valence electrons. The molecule has 2 saturated heterocycles. The number of hydrogen-bond donors (Lipinski definition) is 1. The molecule has 1 unspecified atom stereocenters. The van der Waals surface area contributed by atoms with Crippen LogP contribution in [0.3, 0.4) is 0 Å². The van der Waals surface area contributed by atoms with Crippen molar-refractivity contribution in [2.24, 2.45) is 11.0 Å². The summed E-state index contributed by atoms with van der Waals surface area (Å²) in [4.78, 5) is 14.5. The van der Waals surface area contributed by atoms with Crippen LogP contribution in [0.25, 0.3) is 0 Å². The highest BCUT2D eigenvalue weighted by Gasteiger charge is 2.44. The van der Waals surface area contributed by atoms with Gasteiger partial charge >= 0.3 is 0 Å². The quantitative estimate of drug-likeness (QED) is 0.813. The van der Waals surface area contributed by atoms with Gasteiger partial charge in [0, 0.05) is 25.9 Å². The van der Waals surface area contributed by atoms with Crippen LogP contribution >= 0.6 is 0 Å². The van der Waals surface area contributed by atoms with E-state index in [9.17, 15) is 4.79 Å². The van der Waals surface area contributed by atoms with Crippen molar-refractivity contribution in [3.8, 4) is 0 Å². The normalized spacial score (nSPS) is 30.9. The smallest absolute Gasteiger partial charge is 0.240 e. The predicted molar refractivity (Wildman–Crippen MR) is 91.4 cm³/mol. The van der Waals surface area contributed by atoms with Gasteiger partial charge in [0.1, 0.15) is 0 Å². The van der Waals surface area contributed by atoms with Gasteiger partial charge in [-0.3, -0.25) is 4.79 Å². The van der Waals surface area contributed by atoms with Crippen LogP contribution in [0.15, 0.2) is 5.10 Å². The van der Waals surface area contributed by atoms with E-state index >= 15 is 0 Å². The zero-order chi connectivity index (χ0) is 16.3. The third-order valence-corrected chi connectivity index (χ3v) is 5.82. The Morgan fingerprint density at radius 3 is 2.70 bits per heavy atom. The predicted octanol–water partition coefficient (Wildman–Crippen LogP) is 2.70. The summed E-state index contributed by atoms with van der Waals surface area (Å²) >= 11 is 0. The van der Waals surface area contributed by atoms with Crippen LogP contribution in [0.5, 0.6) is 0 Å². The van der Waals surface area contributed by atoms with Crippen molar-refractivity contribution in [2.45, 2.75) is 76.4 Å². The number of carbonyl (C=O) groups excluding carboxylic acids is 1. The molecule has 5 heteroatoms. The highest BCUT2D eigenvalue weighted by Crippen LogP contribution is 2.37. The van der Waals surface area contributed by atoms with Gasteiger partial charge in [-0.15, -0.1) is 0 Å². The number of piperidine rings is 1. The monoisotopic (exact) mass is 321 g/mol. The van der Waals surface area contributed by atoms with E-state index in [1.165, 1.54) is 32.1 Å². The summed E-state index contributed by atoms with van der Waals surface area (Å²) in [5.41, 5.74) is 3.75. The fraction of sp³-hybridized carbons (Fsp3) is 0.889. The summed E-state index contributed by atoms with van der Waals surface area (Å²) in [5.74, 6) is 0.627. The summed E-state index contributed by atoms with van der Waals surface area (Å²) in [7, 11) is 2.16. The summed E-state index contributed by atoms with van der Waals surface area (Å²) < 4.78 is 6.22. The first-order valence-corrected chi connectivity index (χ1v) is 9.28. The lowest BCUT2D eigenvalue weighted by Gasteiger charge is -2.36. The molecular formula is C18H31N3O2. The van der Waals surface area contributed by atoms with Crippen LogP contribution in [-0.2, 0) is 9.53 Å². The second-order valence-electron chi connectivity index (χ2n) is 7.77. The SMILES string of the molecule is CC1OC2(CCN(C)CC2)C/C1=N\NC(=O)CC1CCCCC1. The molecule has 5 nitrogen and oxygen atoms in total. The Hall–Kier alpha value is -0.940. The van der Waals surface area contributed by atoms with Crippen LogP contribution < -0.4 is 5.43 Å². The van der Waals surface area contributed by atoms with E-state index in [0.717, 1.165) is 38.1 Å². The Bertz CT molecular complexity index is 449. The largest absolute Gasteiger partial charge is 0.366 e. The van der Waals surface area contributed by atoms with Gasteiger partial charge in [0.2, 0.25) is 5.91 Å². The zero-order valence-electron chi connectivity index (χ0n) is 14.6. The van der Waals surface area contributed by atoms with Gasteiger partial charge in [0.15, 0.2) is 0 Å². The summed E-state index contributed by atoms with van der Waals surface area (Å²) in [6.07, 6.45) is 9.89. The van der Waals surface area contributed by atoms with Gasteiger partial charge in [0.25, 0.3) is 0 Å². The van der Waals surface area contributed by atoms with Gasteiger partial charge in [0.05, 0.1) is 17.4 Å². The lowest BCUT2D eigenvalue weighted by atomic mass is 9.87. The molecule has 1 spiro atoms. The van der Waals surface area contributed by atoms with Gasteiger partial charge in [-0.25, -0.2) is 5.43 Å². The standard InChI is InChI=1S/C18H31N3O2/c1-14-16(13-18(23-14)8-10-21(2)11-9-18)19-20-17(22)12-15-6-4-3-5-7-15/h14-15H,3-13H2,1-2H3,(H,20,22)/b19-16+. The Morgan fingerprint density at radius 1 is 1.30 bits per heavy atom. The Labute approximate surface area is 139 Å². The molecule has 3 aliphatic rings. The van der Waals surface area contributed by atoms with Crippen molar-refractivity contribution in [1.29, 1.82) is 0 Å². The lowest BCUT2D eigenvalue weighted by molar-refractivity contribution is -0.122. The molecule has 1 aliphatic carbocycles. The lowest BCUT2D eigenvalue weighted by Crippen LogP contribution is -2.42. The first-order valence-electron chi connectivity index (χ1n) is 9.28. The van der Waals surface area contributed by atoms with Crippen LogP contribution in [-0.4, -0.2) is 48.4 Å². The van der Waals surface area contributed by atoms with E-state index in [0.29, 0.717) is 12.3 Å². The van der Waals surface area contributed by atoms with E-state index < -0.39 is 0 Å². The molecule has 1 atom stereocenters. The average Bonchev–Trinajstić information content (AvgIpc) is 2.85. The maximum atomic E-state index is 12.1. The summed E-state index contributed by atoms with van der Waals surface area (Å²) in [6, 6.07) is 0. The van der Waals surface area contributed by atoms with Crippen LogP contribution in [0.4, 0.5) is 0 Å². The molecule has 1 saturated carbocycles. The van der Waals surface area contributed by atoms with E-state index in [2.05, 4.69) is 29.4 Å². The van der Waals surface area contributed by atoms with Crippen LogP contribution in [0.1, 0.15) is 64.7 Å². The van der Waals surface area contributed by atoms with Gasteiger partial charge < -0.3 is 9.64 Å². The minimum absolute atomic E-state index is 0.0217. The van der Waals surface area contributed by atoms with E-state index in [-0.39, 0.29) is 17.6 Å². The Balaban J connectivity index is 1.50. The van der Waals surface area contributed by atoms with E-state index in [1.54, 1.807) is 0 Å². The minimum atomic E-state index is -0.0428. The number of rotatable bonds is 3. The van der Waals surface area contributed by atoms with Gasteiger partial charge in [-0.05, 0) is 45.6 Å². The molecule has 3 fully saturated rings. The van der Waals surface area contributed by atoms with Crippen molar-refractivity contribution in [2.75, 3.05) is 20.1 Å². The van der Waals surface area contributed by atoms with Crippen molar-refractivity contribution in [3.05, 3.63) is 0 Å². The molecule has 0 aromatic rings. The molecule has 2 heterocycles. The zero-order valence-corrected chi connectivity index (χ0v) is 14.6. The minimum Gasteiger partial charge on any atom is -0.366 e. The van der Waals surface area contributed by atoms with Crippen molar-refractivity contribution in [1.82, 2.24) is 10.3 Å². The Morgan fingerprint density at radius 2 is 2.00 bits per heavy atom. The number of hydrazone groups is 1. The molecule has 0 aromatic carbocycles. The number of carbonyl (C=O) groups is 1. The van der Waals surface area contributed by atoms with Gasteiger partial charge in [-0.2, -0.15) is 5.10 Å². The summed E-state index contributed by atoms with van der Waals surface area (Å²) in [6.45, 7) is 4.21. The number of hydrogen-bond acceptors (Lipinski definition) is 4. The molecule has 1 amide bonds. The first-order chi connectivity index (χ1) is 11.1. The summed E-state index contributed by atoms with van der Waals surface area (Å²) in [5, 5.41) is 4.42. The highest BCUT2D eigenvalue weighted by molar-refractivity contribution is 5.92. The van der Waals surface area contributed by atoms with E-state index in [1.807, 2.05) is 0 Å². The number of likely N-dealkylation sites (tertiary alicyclic amines) is 1. The van der Waals surface area contributed by atoms with Crippen molar-refractivity contribution in [3.63, 3.8) is 0 Å². The molecular weight excluding hydrogens is 290 g/mol. The molecule has 0 radical (unpaired) electrons. The molecule has 2 aliphatic heterocycles. The average molecular weight is 321 g/mol. The fourth-order valence-electron chi connectivity index (χ4n) is 4.24. The molecule has 0 aromatic heterocycles. The highest BCUT2D eigenvalue weighted by atomic mass is 16.5. The molecule has 23 heavy (non-hydrogen) atoms. The third-order valence-electron chi connectivity index (χ3n) is 5.82. The van der Waals surface area contributed by atoms with Crippen LogP contribution in [0.2, 0.25) is 0 Å². The first kappa shape index (κ1) is 16.9. The number of ether oxygens (including phenoxy) is 1. The Kier molecular flexibility index (Phi) is 5.37. The number of nitrogens with one attached hydrogen (secondary N) is 1. The number of nitrogens with zero attached hydrogens (tertiary/aromatic N) is 2. The van der Waals surface area contributed by atoms with E-state index in [4.69, 9.17) is 4.74 Å². The maximum absolute atomic E-state index is 12.1.